The number of rotatable bonds is 3. The second-order valence-corrected chi connectivity index (χ2v) is 6.94. The fourth-order valence-electron chi connectivity index (χ4n) is 3.46. The molecule has 0 aliphatic carbocycles. The zero-order valence-electron chi connectivity index (χ0n) is 14.6. The summed E-state index contributed by atoms with van der Waals surface area (Å²) in [5.41, 5.74) is -0.364. The summed E-state index contributed by atoms with van der Waals surface area (Å²) in [6, 6.07) is 7.08. The third-order valence-electron chi connectivity index (χ3n) is 5.08. The number of aromatic amines is 1. The Morgan fingerprint density at radius 1 is 1.22 bits per heavy atom. The maximum atomic E-state index is 13.0. The van der Waals surface area contributed by atoms with Gasteiger partial charge < -0.3 is 15.0 Å². The topological polar surface area (TPSA) is 91.2 Å². The van der Waals surface area contributed by atoms with Gasteiger partial charge in [-0.1, -0.05) is 0 Å². The van der Waals surface area contributed by atoms with Crippen molar-refractivity contribution in [3.05, 3.63) is 64.6 Å². The minimum Gasteiger partial charge on any atom is -0.388 e. The molecule has 0 bridgehead atoms. The van der Waals surface area contributed by atoms with E-state index < -0.39 is 11.4 Å². The minimum atomic E-state index is -1.09. The van der Waals surface area contributed by atoms with Crippen LogP contribution in [0, 0.1) is 5.82 Å². The highest BCUT2D eigenvalue weighted by molar-refractivity contribution is 5.94. The number of carbonyl (C=O) groups excluding carboxylic acids is 1. The summed E-state index contributed by atoms with van der Waals surface area (Å²) < 4.78 is 14.4. The molecule has 7 nitrogen and oxygen atoms in total. The number of aromatic nitrogens is 3. The van der Waals surface area contributed by atoms with Crippen molar-refractivity contribution < 1.29 is 14.3 Å². The lowest BCUT2D eigenvalue weighted by Gasteiger charge is -2.38. The highest BCUT2D eigenvalue weighted by atomic mass is 19.1. The SMILES string of the molecule is O=C(c1ccc(F)cc1)N1CCC(O)(Cn2cnc3[nH]ccc3c2=O)CC1. The van der Waals surface area contributed by atoms with Crippen molar-refractivity contribution in [1.29, 1.82) is 0 Å². The number of hydrogen-bond acceptors (Lipinski definition) is 4. The van der Waals surface area contributed by atoms with Crippen molar-refractivity contribution in [2.45, 2.75) is 25.0 Å². The summed E-state index contributed by atoms with van der Waals surface area (Å²) in [5, 5.41) is 11.4. The Labute approximate surface area is 154 Å². The summed E-state index contributed by atoms with van der Waals surface area (Å²) >= 11 is 0. The van der Waals surface area contributed by atoms with Crippen LogP contribution in [0.5, 0.6) is 0 Å². The van der Waals surface area contributed by atoms with Crippen LogP contribution in [-0.2, 0) is 6.54 Å². The number of likely N-dealkylation sites (tertiary alicyclic amines) is 1. The number of amides is 1. The lowest BCUT2D eigenvalue weighted by atomic mass is 9.91. The first-order valence-electron chi connectivity index (χ1n) is 8.75. The van der Waals surface area contributed by atoms with Gasteiger partial charge in [0.05, 0.1) is 23.9 Å². The van der Waals surface area contributed by atoms with E-state index in [1.807, 2.05) is 0 Å². The number of piperidine rings is 1. The summed E-state index contributed by atoms with van der Waals surface area (Å²) in [6.07, 6.45) is 3.77. The molecule has 2 N–H and O–H groups in total. The predicted octanol–water partition coefficient (Wildman–Crippen LogP) is 1.53. The van der Waals surface area contributed by atoms with Gasteiger partial charge in [-0.05, 0) is 43.2 Å². The van der Waals surface area contributed by atoms with Crippen LogP contribution in [0.1, 0.15) is 23.2 Å². The summed E-state index contributed by atoms with van der Waals surface area (Å²) in [6.45, 7) is 0.848. The van der Waals surface area contributed by atoms with Gasteiger partial charge in [0, 0.05) is 24.8 Å². The Hall–Kier alpha value is -3.00. The molecular weight excluding hydrogens is 351 g/mol. The normalized spacial score (nSPS) is 16.6. The monoisotopic (exact) mass is 370 g/mol. The summed E-state index contributed by atoms with van der Waals surface area (Å²) in [7, 11) is 0. The molecule has 0 atom stereocenters. The third kappa shape index (κ3) is 3.35. The number of nitrogens with zero attached hydrogens (tertiary/aromatic N) is 3. The first kappa shape index (κ1) is 17.4. The van der Waals surface area contributed by atoms with Gasteiger partial charge in [-0.15, -0.1) is 0 Å². The zero-order valence-corrected chi connectivity index (χ0v) is 14.6. The van der Waals surface area contributed by atoms with Gasteiger partial charge in [-0.2, -0.15) is 0 Å². The molecule has 0 radical (unpaired) electrons. The second-order valence-electron chi connectivity index (χ2n) is 6.94. The van der Waals surface area contributed by atoms with E-state index in [1.165, 1.54) is 35.2 Å². The summed E-state index contributed by atoms with van der Waals surface area (Å²) in [4.78, 5) is 33.7. The highest BCUT2D eigenvalue weighted by Gasteiger charge is 2.35. The van der Waals surface area contributed by atoms with Crippen LogP contribution in [0.15, 0.2) is 47.7 Å². The standard InChI is InChI=1S/C19H19FN4O3/c20-14-3-1-13(2-4-14)17(25)23-9-6-19(27,7-10-23)11-24-12-22-16-15(18(24)26)5-8-21-16/h1-5,8,12,21,27H,6-7,9-11H2. The zero-order chi connectivity index (χ0) is 19.0. The van der Waals surface area contributed by atoms with Gasteiger partial charge >= 0.3 is 0 Å². The van der Waals surface area contributed by atoms with Gasteiger partial charge in [-0.25, -0.2) is 9.37 Å². The van der Waals surface area contributed by atoms with Gasteiger partial charge in [0.25, 0.3) is 11.5 Å². The van der Waals surface area contributed by atoms with Crippen molar-refractivity contribution in [3.63, 3.8) is 0 Å². The van der Waals surface area contributed by atoms with Crippen LogP contribution in [0.3, 0.4) is 0 Å². The maximum absolute atomic E-state index is 13.0. The molecule has 0 spiro atoms. The quantitative estimate of drug-likeness (QED) is 0.732. The molecule has 1 aliphatic rings. The van der Waals surface area contributed by atoms with Crippen LogP contribution in [-0.4, -0.2) is 49.1 Å². The Balaban J connectivity index is 1.45. The number of H-pyrrole nitrogens is 1. The van der Waals surface area contributed by atoms with Crippen LogP contribution in [0.25, 0.3) is 11.0 Å². The van der Waals surface area contributed by atoms with Crippen molar-refractivity contribution in [2.24, 2.45) is 0 Å². The molecule has 1 aromatic carbocycles. The van der Waals surface area contributed by atoms with Crippen molar-refractivity contribution in [2.75, 3.05) is 13.1 Å². The molecule has 2 aromatic heterocycles. The van der Waals surface area contributed by atoms with E-state index in [9.17, 15) is 19.1 Å². The van der Waals surface area contributed by atoms with E-state index in [2.05, 4.69) is 9.97 Å². The van der Waals surface area contributed by atoms with E-state index in [0.29, 0.717) is 42.5 Å². The Bertz CT molecular complexity index is 1030. The Morgan fingerprint density at radius 3 is 2.63 bits per heavy atom. The number of halogens is 1. The van der Waals surface area contributed by atoms with Crippen LogP contribution < -0.4 is 5.56 Å². The van der Waals surface area contributed by atoms with E-state index >= 15 is 0 Å². The molecule has 1 fully saturated rings. The van der Waals surface area contributed by atoms with Gasteiger partial charge in [-0.3, -0.25) is 14.2 Å². The Morgan fingerprint density at radius 2 is 1.93 bits per heavy atom. The molecule has 1 amide bonds. The number of benzene rings is 1. The fraction of sp³-hybridized carbons (Fsp3) is 0.316. The molecule has 1 saturated heterocycles. The van der Waals surface area contributed by atoms with Crippen LogP contribution in [0.2, 0.25) is 0 Å². The van der Waals surface area contributed by atoms with E-state index in [1.54, 1.807) is 17.2 Å². The lowest BCUT2D eigenvalue weighted by Crippen LogP contribution is -2.49. The molecule has 27 heavy (non-hydrogen) atoms. The number of carbonyl (C=O) groups is 1. The van der Waals surface area contributed by atoms with E-state index in [-0.39, 0.29) is 18.0 Å². The van der Waals surface area contributed by atoms with Crippen LogP contribution >= 0.6 is 0 Å². The number of hydrogen-bond donors (Lipinski definition) is 2. The molecule has 8 heteroatoms. The van der Waals surface area contributed by atoms with Crippen molar-refractivity contribution in [1.82, 2.24) is 19.4 Å². The molecule has 1 aliphatic heterocycles. The predicted molar refractivity (Wildman–Crippen MR) is 96.8 cm³/mol. The molecule has 0 unspecified atom stereocenters. The second kappa shape index (κ2) is 6.62. The van der Waals surface area contributed by atoms with Crippen molar-refractivity contribution >= 4 is 16.9 Å². The third-order valence-corrected chi connectivity index (χ3v) is 5.08. The molecule has 140 valence electrons. The highest BCUT2D eigenvalue weighted by Crippen LogP contribution is 2.25. The Kier molecular flexibility index (Phi) is 4.27. The average molecular weight is 370 g/mol. The molecular formula is C19H19FN4O3. The van der Waals surface area contributed by atoms with Crippen molar-refractivity contribution in [3.8, 4) is 0 Å². The van der Waals surface area contributed by atoms with E-state index in [4.69, 9.17) is 0 Å². The van der Waals surface area contributed by atoms with Gasteiger partial charge in [0.15, 0.2) is 0 Å². The number of fused-ring (bicyclic) bond motifs is 1. The van der Waals surface area contributed by atoms with Crippen LogP contribution in [0.4, 0.5) is 4.39 Å². The first-order valence-corrected chi connectivity index (χ1v) is 8.75. The van der Waals surface area contributed by atoms with E-state index in [0.717, 1.165) is 0 Å². The largest absolute Gasteiger partial charge is 0.388 e. The molecule has 0 saturated carbocycles. The van der Waals surface area contributed by atoms with Gasteiger partial charge in [0.2, 0.25) is 0 Å². The molecule has 3 heterocycles. The fourth-order valence-corrected chi connectivity index (χ4v) is 3.46. The van der Waals surface area contributed by atoms with Gasteiger partial charge in [0.1, 0.15) is 11.5 Å². The minimum absolute atomic E-state index is 0.124. The molecule has 3 aromatic rings. The first-order chi connectivity index (χ1) is 13.0. The lowest BCUT2D eigenvalue weighted by molar-refractivity contribution is -0.0299. The average Bonchev–Trinajstić information content (AvgIpc) is 3.14. The smallest absolute Gasteiger partial charge is 0.262 e. The number of nitrogens with one attached hydrogen (secondary N) is 1. The maximum Gasteiger partial charge on any atom is 0.262 e. The number of aliphatic hydroxyl groups is 1. The molecule has 4 rings (SSSR count). The summed E-state index contributed by atoms with van der Waals surface area (Å²) in [5.74, 6) is -0.581.